The second-order valence-electron chi connectivity index (χ2n) is 4.53. The summed E-state index contributed by atoms with van der Waals surface area (Å²) in [6, 6.07) is 11.2. The van der Waals surface area contributed by atoms with Gasteiger partial charge >= 0.3 is 0 Å². The van der Waals surface area contributed by atoms with Crippen molar-refractivity contribution >= 4 is 5.91 Å². The highest BCUT2D eigenvalue weighted by atomic mass is 16.1. The van der Waals surface area contributed by atoms with Gasteiger partial charge in [0.05, 0.1) is 6.54 Å². The molecule has 1 aromatic carbocycles. The number of hydrogen-bond donors (Lipinski definition) is 2. The van der Waals surface area contributed by atoms with E-state index in [0.717, 1.165) is 16.8 Å². The van der Waals surface area contributed by atoms with Gasteiger partial charge in [0, 0.05) is 29.6 Å². The molecular formula is C17H17N3O. The van der Waals surface area contributed by atoms with Crippen molar-refractivity contribution in [1.29, 1.82) is 0 Å². The van der Waals surface area contributed by atoms with E-state index in [1.54, 1.807) is 18.3 Å². The van der Waals surface area contributed by atoms with Gasteiger partial charge in [-0.2, -0.15) is 0 Å². The number of amides is 1. The lowest BCUT2D eigenvalue weighted by Crippen LogP contribution is -2.23. The molecule has 2 aromatic rings. The van der Waals surface area contributed by atoms with E-state index in [1.807, 2.05) is 31.2 Å². The second kappa shape index (κ2) is 7.22. The molecule has 0 aliphatic rings. The van der Waals surface area contributed by atoms with Crippen LogP contribution in [0.5, 0.6) is 0 Å². The minimum absolute atomic E-state index is 0.123. The van der Waals surface area contributed by atoms with Crippen LogP contribution in [0.15, 0.2) is 42.6 Å². The molecule has 1 heterocycles. The molecule has 106 valence electrons. The maximum absolute atomic E-state index is 12.1. The van der Waals surface area contributed by atoms with Crippen LogP contribution in [0.3, 0.4) is 0 Å². The van der Waals surface area contributed by atoms with Crippen LogP contribution in [0, 0.1) is 18.8 Å². The molecule has 3 N–H and O–H groups in total. The monoisotopic (exact) mass is 279 g/mol. The summed E-state index contributed by atoms with van der Waals surface area (Å²) >= 11 is 0. The Kier molecular flexibility index (Phi) is 5.08. The maximum Gasteiger partial charge on any atom is 0.251 e. The Morgan fingerprint density at radius 2 is 2.14 bits per heavy atom. The van der Waals surface area contributed by atoms with Crippen molar-refractivity contribution in [3.63, 3.8) is 0 Å². The molecule has 0 aliphatic carbocycles. The third-order valence-corrected chi connectivity index (χ3v) is 2.94. The zero-order chi connectivity index (χ0) is 15.1. The number of carbonyl (C=O) groups is 1. The molecule has 4 heteroatoms. The minimum Gasteiger partial charge on any atom is -0.348 e. The van der Waals surface area contributed by atoms with Crippen LogP contribution in [0.1, 0.15) is 27.2 Å². The lowest BCUT2D eigenvalue weighted by Gasteiger charge is -2.07. The van der Waals surface area contributed by atoms with E-state index < -0.39 is 0 Å². The van der Waals surface area contributed by atoms with Crippen LogP contribution in [-0.4, -0.2) is 17.4 Å². The summed E-state index contributed by atoms with van der Waals surface area (Å²) in [6.07, 6.45) is 1.63. The summed E-state index contributed by atoms with van der Waals surface area (Å²) in [5.74, 6) is 5.71. The highest BCUT2D eigenvalue weighted by Crippen LogP contribution is 2.08. The number of benzene rings is 1. The number of pyridine rings is 1. The number of nitrogens with one attached hydrogen (secondary N) is 1. The standard InChI is InChI=1S/C17H17N3O/c1-13-11-15(8-10-19-13)17(21)20-12-16-6-3-2-5-14(16)7-4-9-18/h2-3,5-6,8,10-11H,9,12,18H2,1H3,(H,20,21). The normalized spacial score (nSPS) is 9.62. The molecule has 4 nitrogen and oxygen atoms in total. The molecule has 21 heavy (non-hydrogen) atoms. The number of nitrogens with two attached hydrogens (primary N) is 1. The zero-order valence-corrected chi connectivity index (χ0v) is 11.9. The molecule has 0 saturated heterocycles. The smallest absolute Gasteiger partial charge is 0.251 e. The molecule has 1 aromatic heterocycles. The Morgan fingerprint density at radius 3 is 2.90 bits per heavy atom. The SMILES string of the molecule is Cc1cc(C(=O)NCc2ccccc2C#CCN)ccn1. The summed E-state index contributed by atoms with van der Waals surface area (Å²) in [7, 11) is 0. The van der Waals surface area contributed by atoms with E-state index in [9.17, 15) is 4.79 Å². The highest BCUT2D eigenvalue weighted by Gasteiger charge is 2.06. The molecule has 0 fully saturated rings. The van der Waals surface area contributed by atoms with Gasteiger partial charge in [-0.25, -0.2) is 0 Å². The van der Waals surface area contributed by atoms with Gasteiger partial charge < -0.3 is 11.1 Å². The summed E-state index contributed by atoms with van der Waals surface area (Å²) in [4.78, 5) is 16.2. The van der Waals surface area contributed by atoms with Gasteiger partial charge in [-0.3, -0.25) is 9.78 Å². The van der Waals surface area contributed by atoms with Gasteiger partial charge in [-0.15, -0.1) is 0 Å². The largest absolute Gasteiger partial charge is 0.348 e. The van der Waals surface area contributed by atoms with Crippen molar-refractivity contribution in [2.75, 3.05) is 6.54 Å². The summed E-state index contributed by atoms with van der Waals surface area (Å²) < 4.78 is 0. The van der Waals surface area contributed by atoms with Gasteiger partial charge in [0.2, 0.25) is 0 Å². The van der Waals surface area contributed by atoms with Crippen molar-refractivity contribution in [3.8, 4) is 11.8 Å². The van der Waals surface area contributed by atoms with Gasteiger partial charge in [0.1, 0.15) is 0 Å². The van der Waals surface area contributed by atoms with Crippen LogP contribution in [0.25, 0.3) is 0 Å². The number of carbonyl (C=O) groups excluding carboxylic acids is 1. The molecule has 1 amide bonds. The van der Waals surface area contributed by atoms with Crippen LogP contribution in [0.2, 0.25) is 0 Å². The average Bonchev–Trinajstić information content (AvgIpc) is 2.51. The summed E-state index contributed by atoms with van der Waals surface area (Å²) in [5, 5.41) is 2.89. The Labute approximate surface area is 124 Å². The molecule has 0 spiro atoms. The van der Waals surface area contributed by atoms with Crippen molar-refractivity contribution in [1.82, 2.24) is 10.3 Å². The van der Waals surface area contributed by atoms with Gasteiger partial charge in [0.25, 0.3) is 5.91 Å². The molecule has 0 saturated carbocycles. The first kappa shape index (κ1) is 14.8. The van der Waals surface area contributed by atoms with E-state index in [1.165, 1.54) is 0 Å². The second-order valence-corrected chi connectivity index (χ2v) is 4.53. The number of hydrogen-bond acceptors (Lipinski definition) is 3. The van der Waals surface area contributed by atoms with Gasteiger partial charge in [-0.1, -0.05) is 30.0 Å². The van der Waals surface area contributed by atoms with Crippen molar-refractivity contribution < 1.29 is 4.79 Å². The lowest BCUT2D eigenvalue weighted by atomic mass is 10.1. The Morgan fingerprint density at radius 1 is 1.33 bits per heavy atom. The van der Waals surface area contributed by atoms with E-state index >= 15 is 0 Å². The van der Waals surface area contributed by atoms with E-state index in [-0.39, 0.29) is 5.91 Å². The first-order valence-corrected chi connectivity index (χ1v) is 6.68. The number of nitrogens with zero attached hydrogens (tertiary/aromatic N) is 1. The Hall–Kier alpha value is -2.64. The van der Waals surface area contributed by atoms with E-state index in [0.29, 0.717) is 18.7 Å². The topological polar surface area (TPSA) is 68.0 Å². The van der Waals surface area contributed by atoms with Crippen LogP contribution >= 0.6 is 0 Å². The molecular weight excluding hydrogens is 262 g/mol. The first-order chi connectivity index (χ1) is 10.2. The van der Waals surface area contributed by atoms with Crippen LogP contribution in [0.4, 0.5) is 0 Å². The first-order valence-electron chi connectivity index (χ1n) is 6.68. The third-order valence-electron chi connectivity index (χ3n) is 2.94. The average molecular weight is 279 g/mol. The van der Waals surface area contributed by atoms with E-state index in [2.05, 4.69) is 22.1 Å². The lowest BCUT2D eigenvalue weighted by molar-refractivity contribution is 0.0950. The Bertz CT molecular complexity index is 698. The van der Waals surface area contributed by atoms with Crippen molar-refractivity contribution in [2.24, 2.45) is 5.73 Å². The van der Waals surface area contributed by atoms with Crippen molar-refractivity contribution in [3.05, 3.63) is 65.0 Å². The third kappa shape index (κ3) is 4.16. The van der Waals surface area contributed by atoms with Crippen LogP contribution < -0.4 is 11.1 Å². The number of aromatic nitrogens is 1. The minimum atomic E-state index is -0.123. The Balaban J connectivity index is 2.08. The number of aryl methyl sites for hydroxylation is 1. The van der Waals surface area contributed by atoms with E-state index in [4.69, 9.17) is 5.73 Å². The summed E-state index contributed by atoms with van der Waals surface area (Å²) in [5.41, 5.74) is 8.66. The fourth-order valence-electron chi connectivity index (χ4n) is 1.91. The van der Waals surface area contributed by atoms with Gasteiger partial charge in [-0.05, 0) is 30.7 Å². The molecule has 0 bridgehead atoms. The summed E-state index contributed by atoms with van der Waals surface area (Å²) in [6.45, 7) is 2.60. The predicted molar refractivity (Wildman–Crippen MR) is 82.5 cm³/mol. The fraction of sp³-hybridized carbons (Fsp3) is 0.176. The predicted octanol–water partition coefficient (Wildman–Crippen LogP) is 1.63. The molecule has 0 aliphatic heterocycles. The molecule has 2 rings (SSSR count). The molecule has 0 unspecified atom stereocenters. The highest BCUT2D eigenvalue weighted by molar-refractivity contribution is 5.94. The molecule has 0 atom stereocenters. The zero-order valence-electron chi connectivity index (χ0n) is 11.9. The van der Waals surface area contributed by atoms with Crippen LogP contribution in [-0.2, 0) is 6.54 Å². The fourth-order valence-corrected chi connectivity index (χ4v) is 1.91. The van der Waals surface area contributed by atoms with Gasteiger partial charge in [0.15, 0.2) is 0 Å². The maximum atomic E-state index is 12.1. The molecule has 0 radical (unpaired) electrons. The van der Waals surface area contributed by atoms with Crippen molar-refractivity contribution in [2.45, 2.75) is 13.5 Å². The quantitative estimate of drug-likeness (QED) is 0.839. The number of rotatable bonds is 3.